The maximum atomic E-state index is 12.2. The van der Waals surface area contributed by atoms with Crippen molar-refractivity contribution in [2.24, 2.45) is 7.05 Å². The minimum absolute atomic E-state index is 0.0949. The molecule has 1 aromatic carbocycles. The van der Waals surface area contributed by atoms with E-state index in [2.05, 4.69) is 10.3 Å². The molecule has 0 bridgehead atoms. The fraction of sp³-hybridized carbons (Fsp3) is 0.308. The van der Waals surface area contributed by atoms with Gasteiger partial charge in [0.2, 0.25) is 0 Å². The summed E-state index contributed by atoms with van der Waals surface area (Å²) in [6.07, 6.45) is 1.88. The molecule has 20 heavy (non-hydrogen) atoms. The number of aryl methyl sites for hydroxylation is 1. The molecule has 0 aliphatic heterocycles. The Kier molecular flexibility index (Phi) is 4.62. The van der Waals surface area contributed by atoms with Crippen molar-refractivity contribution in [2.75, 3.05) is 0 Å². The summed E-state index contributed by atoms with van der Waals surface area (Å²) in [7, 11) is 0.165. The summed E-state index contributed by atoms with van der Waals surface area (Å²) in [5.41, 5.74) is 1.39. The van der Waals surface area contributed by atoms with Gasteiger partial charge < -0.3 is 5.11 Å². The van der Waals surface area contributed by atoms with E-state index in [-0.39, 0.29) is 12.2 Å². The van der Waals surface area contributed by atoms with Gasteiger partial charge in [-0.3, -0.25) is 13.7 Å². The average molecular weight is 293 g/mol. The Hall–Kier alpha value is -2.02. The van der Waals surface area contributed by atoms with Crippen molar-refractivity contribution in [3.05, 3.63) is 47.8 Å². The molecule has 1 aromatic heterocycles. The topological polar surface area (TPSA) is 85.1 Å². The second-order valence-corrected chi connectivity index (χ2v) is 6.04. The molecule has 0 spiro atoms. The predicted octanol–water partition coefficient (Wildman–Crippen LogP) is 0.760. The van der Waals surface area contributed by atoms with Crippen LogP contribution in [-0.2, 0) is 34.8 Å². The van der Waals surface area contributed by atoms with Gasteiger partial charge in [0.15, 0.2) is 0 Å². The van der Waals surface area contributed by atoms with Crippen molar-refractivity contribution in [1.29, 1.82) is 0 Å². The minimum Gasteiger partial charge on any atom is -0.480 e. The Morgan fingerprint density at radius 1 is 1.40 bits per heavy atom. The summed E-state index contributed by atoms with van der Waals surface area (Å²) >= 11 is 0. The van der Waals surface area contributed by atoms with E-state index in [0.29, 0.717) is 5.69 Å². The molecule has 6 nitrogen and oxygen atoms in total. The van der Waals surface area contributed by atoms with Crippen LogP contribution in [-0.4, -0.2) is 35.5 Å². The normalized spacial score (nSPS) is 13.8. The quantitative estimate of drug-likeness (QED) is 0.850. The molecule has 0 saturated heterocycles. The number of rotatable bonds is 6. The van der Waals surface area contributed by atoms with E-state index in [4.69, 9.17) is 0 Å². The molecule has 2 atom stereocenters. The van der Waals surface area contributed by atoms with Crippen LogP contribution in [0, 0.1) is 0 Å². The first kappa shape index (κ1) is 14.4. The third-order valence-electron chi connectivity index (χ3n) is 2.80. The van der Waals surface area contributed by atoms with Crippen LogP contribution in [0.1, 0.15) is 11.3 Å². The van der Waals surface area contributed by atoms with Gasteiger partial charge in [0.25, 0.3) is 0 Å². The Morgan fingerprint density at radius 3 is 2.65 bits per heavy atom. The van der Waals surface area contributed by atoms with E-state index < -0.39 is 22.0 Å². The number of carbonyl (C=O) groups is 1. The number of nitrogens with zero attached hydrogens (tertiary/aromatic N) is 3. The Bertz CT molecular complexity index is 612. The van der Waals surface area contributed by atoms with Crippen LogP contribution in [0.25, 0.3) is 0 Å². The zero-order valence-corrected chi connectivity index (χ0v) is 11.8. The highest BCUT2D eigenvalue weighted by atomic mass is 32.2. The van der Waals surface area contributed by atoms with E-state index in [1.54, 1.807) is 13.2 Å². The predicted molar refractivity (Wildman–Crippen MR) is 74.4 cm³/mol. The van der Waals surface area contributed by atoms with Crippen LogP contribution in [0.2, 0.25) is 0 Å². The van der Waals surface area contributed by atoms with Crippen molar-refractivity contribution in [1.82, 2.24) is 15.0 Å². The van der Waals surface area contributed by atoms with Gasteiger partial charge in [-0.1, -0.05) is 35.5 Å². The highest BCUT2D eigenvalue weighted by Gasteiger charge is 2.25. The van der Waals surface area contributed by atoms with Crippen molar-refractivity contribution >= 4 is 16.8 Å². The van der Waals surface area contributed by atoms with Crippen LogP contribution in [0.3, 0.4) is 0 Å². The maximum Gasteiger partial charge on any atom is 0.319 e. The van der Waals surface area contributed by atoms with Crippen molar-refractivity contribution < 1.29 is 14.1 Å². The third-order valence-corrected chi connectivity index (χ3v) is 4.38. The molecule has 0 amide bonds. The number of hydrogen-bond donors (Lipinski definition) is 1. The van der Waals surface area contributed by atoms with Crippen molar-refractivity contribution in [3.63, 3.8) is 0 Å². The Balaban J connectivity index is 2.08. The van der Waals surface area contributed by atoms with Gasteiger partial charge in [-0.25, -0.2) is 0 Å². The lowest BCUT2D eigenvalue weighted by molar-refractivity contribution is -0.136. The first-order valence-corrected chi connectivity index (χ1v) is 7.43. The molecular formula is C13H15N3O3S. The molecule has 0 aliphatic carbocycles. The number of aromatic nitrogens is 3. The largest absolute Gasteiger partial charge is 0.480 e. The zero-order valence-electron chi connectivity index (χ0n) is 11.0. The lowest BCUT2D eigenvalue weighted by Gasteiger charge is -2.11. The van der Waals surface area contributed by atoms with Crippen LogP contribution < -0.4 is 0 Å². The SMILES string of the molecule is Cn1cc(CS(=O)C(Cc2ccccc2)C(=O)O)nn1. The van der Waals surface area contributed by atoms with Gasteiger partial charge in [-0.2, -0.15) is 0 Å². The summed E-state index contributed by atoms with van der Waals surface area (Å²) in [4.78, 5) is 11.3. The zero-order chi connectivity index (χ0) is 14.5. The lowest BCUT2D eigenvalue weighted by Crippen LogP contribution is -2.29. The van der Waals surface area contributed by atoms with Gasteiger partial charge in [0.1, 0.15) is 5.25 Å². The second kappa shape index (κ2) is 6.42. The molecule has 1 N–H and O–H groups in total. The number of aliphatic carboxylic acids is 1. The Labute approximate surface area is 118 Å². The molecule has 2 unspecified atom stereocenters. The molecule has 1 heterocycles. The minimum atomic E-state index is -1.54. The average Bonchev–Trinajstić information content (AvgIpc) is 2.82. The highest BCUT2D eigenvalue weighted by molar-refractivity contribution is 7.85. The molecule has 0 aliphatic rings. The monoisotopic (exact) mass is 293 g/mol. The fourth-order valence-corrected chi connectivity index (χ4v) is 3.06. The molecule has 2 aromatic rings. The summed E-state index contributed by atoms with van der Waals surface area (Å²) < 4.78 is 13.7. The van der Waals surface area contributed by atoms with Gasteiger partial charge in [-0.15, -0.1) is 5.10 Å². The Morgan fingerprint density at radius 2 is 2.10 bits per heavy atom. The van der Waals surface area contributed by atoms with Gasteiger partial charge in [-0.05, 0) is 12.0 Å². The van der Waals surface area contributed by atoms with Crippen molar-refractivity contribution in [2.45, 2.75) is 17.4 Å². The first-order valence-electron chi connectivity index (χ1n) is 6.05. The smallest absolute Gasteiger partial charge is 0.319 e. The first-order chi connectivity index (χ1) is 9.56. The number of carboxylic acid groups (broad SMARTS) is 1. The summed E-state index contributed by atoms with van der Waals surface area (Å²) in [5.74, 6) is -0.964. The molecule has 0 radical (unpaired) electrons. The summed E-state index contributed by atoms with van der Waals surface area (Å²) in [6, 6.07) is 9.18. The van der Waals surface area contributed by atoms with Gasteiger partial charge >= 0.3 is 5.97 Å². The van der Waals surface area contributed by atoms with Crippen LogP contribution in [0.4, 0.5) is 0 Å². The van der Waals surface area contributed by atoms with Crippen LogP contribution in [0.5, 0.6) is 0 Å². The van der Waals surface area contributed by atoms with Crippen LogP contribution >= 0.6 is 0 Å². The summed E-state index contributed by atoms with van der Waals surface area (Å²) in [6.45, 7) is 0. The van der Waals surface area contributed by atoms with Gasteiger partial charge in [0.05, 0.1) is 11.4 Å². The van der Waals surface area contributed by atoms with E-state index in [1.807, 2.05) is 30.3 Å². The number of carboxylic acids is 1. The van der Waals surface area contributed by atoms with Crippen molar-refractivity contribution in [3.8, 4) is 0 Å². The molecule has 0 saturated carbocycles. The van der Waals surface area contributed by atoms with E-state index in [9.17, 15) is 14.1 Å². The third kappa shape index (κ3) is 3.74. The lowest BCUT2D eigenvalue weighted by atomic mass is 10.1. The number of hydrogen-bond acceptors (Lipinski definition) is 4. The van der Waals surface area contributed by atoms with E-state index >= 15 is 0 Å². The fourth-order valence-electron chi connectivity index (χ4n) is 1.83. The standard InChI is InChI=1S/C13H15N3O3S/c1-16-8-11(14-15-16)9-20(19)12(13(17)18)7-10-5-3-2-4-6-10/h2-6,8,12H,7,9H2,1H3,(H,17,18). The number of benzene rings is 1. The molecule has 106 valence electrons. The highest BCUT2D eigenvalue weighted by Crippen LogP contribution is 2.11. The van der Waals surface area contributed by atoms with E-state index in [0.717, 1.165) is 5.56 Å². The molecular weight excluding hydrogens is 278 g/mol. The van der Waals surface area contributed by atoms with Gasteiger partial charge in [0, 0.05) is 24.0 Å². The molecule has 0 fully saturated rings. The van der Waals surface area contributed by atoms with Crippen LogP contribution in [0.15, 0.2) is 36.5 Å². The summed E-state index contributed by atoms with van der Waals surface area (Å²) in [5, 5.41) is 15.9. The van der Waals surface area contributed by atoms with E-state index in [1.165, 1.54) is 4.68 Å². The maximum absolute atomic E-state index is 12.2. The molecule has 2 rings (SSSR count). The molecule has 7 heteroatoms. The second-order valence-electron chi connectivity index (χ2n) is 4.43.